The third kappa shape index (κ3) is 25.5. The van der Waals surface area contributed by atoms with Crippen LogP contribution in [-0.4, -0.2) is 6.54 Å². The van der Waals surface area contributed by atoms with Crippen LogP contribution in [0.2, 0.25) is 0 Å². The summed E-state index contributed by atoms with van der Waals surface area (Å²) < 4.78 is 38.0. The molecule has 0 amide bonds. The molecule has 0 unspecified atom stereocenters. The van der Waals surface area contributed by atoms with E-state index in [4.69, 9.17) is 18.6 Å². The van der Waals surface area contributed by atoms with Crippen molar-refractivity contribution in [1.82, 2.24) is 0 Å². The maximum atomic E-state index is 8.49. The summed E-state index contributed by atoms with van der Waals surface area (Å²) in [7, 11) is -4.94. The lowest BCUT2D eigenvalue weighted by Gasteiger charge is -2.20. The average Bonchev–Trinajstić information content (AvgIpc) is 3.79. The highest BCUT2D eigenvalue weighted by atomic mass is 35.7. The number of para-hydroxylation sites is 2. The van der Waals surface area contributed by atoms with Crippen molar-refractivity contribution in [3.05, 3.63) is 70.7 Å². The van der Waals surface area contributed by atoms with Crippen LogP contribution in [0.5, 0.6) is 0 Å². The number of halogens is 1. The van der Waals surface area contributed by atoms with E-state index in [0.717, 1.165) is 13.1 Å². The van der Waals surface area contributed by atoms with Crippen LogP contribution in [0.4, 0.5) is 5.69 Å². The van der Waals surface area contributed by atoms with Gasteiger partial charge in [-0.1, -0.05) is 253 Å². The number of unbranched alkanes of at least 4 members (excludes halogenated alkanes) is 30. The van der Waals surface area contributed by atoms with Crippen LogP contribution in [0.25, 0.3) is 16.3 Å². The third-order valence-electron chi connectivity index (χ3n) is 12.2. The van der Waals surface area contributed by atoms with Crippen molar-refractivity contribution in [2.24, 2.45) is 0 Å². The number of fused-ring (bicyclic) bond motifs is 2. The number of rotatable bonds is 36. The van der Waals surface area contributed by atoms with E-state index in [2.05, 4.69) is 90.1 Å². The fourth-order valence-electron chi connectivity index (χ4n) is 8.66. The lowest BCUT2D eigenvalue weighted by molar-refractivity contribution is -2.00. The topological polar surface area (TPSA) is 99.4 Å². The average molecular weight is 914 g/mol. The quantitative estimate of drug-likeness (QED) is 0.0426. The molecule has 62 heavy (non-hydrogen) atoms. The number of aromatic nitrogens is 1. The summed E-state index contributed by atoms with van der Waals surface area (Å²) in [6, 6.07) is 18.0. The minimum Gasteiger partial charge on any atom is -0.335 e. The van der Waals surface area contributed by atoms with Gasteiger partial charge in [-0.05, 0) is 37.1 Å². The molecule has 1 aliphatic heterocycles. The van der Waals surface area contributed by atoms with E-state index in [1.165, 1.54) is 236 Å². The predicted molar refractivity (Wildman–Crippen MR) is 258 cm³/mol. The van der Waals surface area contributed by atoms with E-state index in [0.29, 0.717) is 0 Å². The summed E-state index contributed by atoms with van der Waals surface area (Å²) in [5, 5.41) is 2.75. The molecule has 0 radical (unpaired) electrons. The summed E-state index contributed by atoms with van der Waals surface area (Å²) in [6.45, 7) is 6.85. The van der Waals surface area contributed by atoms with Gasteiger partial charge >= 0.3 is 0 Å². The number of aryl methyl sites for hydroxylation is 1. The van der Waals surface area contributed by atoms with E-state index in [1.54, 1.807) is 0 Å². The zero-order valence-electron chi connectivity index (χ0n) is 39.1. The van der Waals surface area contributed by atoms with Gasteiger partial charge in [0, 0.05) is 30.0 Å². The van der Waals surface area contributed by atoms with Crippen LogP contribution in [0, 0.1) is 10.2 Å². The molecule has 0 aliphatic carbocycles. The van der Waals surface area contributed by atoms with Crippen LogP contribution in [-0.2, 0) is 6.54 Å². The smallest absolute Gasteiger partial charge is 0.262 e. The largest absolute Gasteiger partial charge is 0.335 e. The van der Waals surface area contributed by atoms with Crippen LogP contribution >= 0.6 is 23.1 Å². The molecule has 0 N–H and O–H groups in total. The van der Waals surface area contributed by atoms with Gasteiger partial charge in [-0.3, -0.25) is 0 Å². The molecule has 9 heteroatoms. The number of hydrogen-bond donors (Lipinski definition) is 0. The third-order valence-corrected chi connectivity index (χ3v) is 14.5. The summed E-state index contributed by atoms with van der Waals surface area (Å²) in [4.78, 5) is 3.98. The van der Waals surface area contributed by atoms with Gasteiger partial charge in [0.15, 0.2) is 6.54 Å². The normalized spacial score (nSPS) is 13.5. The fraction of sp³-hybridized carbons (Fsp3) is 0.679. The van der Waals surface area contributed by atoms with Gasteiger partial charge in [-0.2, -0.15) is 4.57 Å². The van der Waals surface area contributed by atoms with Crippen LogP contribution in [0.15, 0.2) is 70.6 Å². The second kappa shape index (κ2) is 35.4. The molecule has 350 valence electrons. The Morgan fingerprint density at radius 2 is 0.919 bits per heavy atom. The Kier molecular flexibility index (Phi) is 31.0. The fourth-order valence-corrected chi connectivity index (χ4v) is 10.9. The Balaban J connectivity index is 0.00000193. The molecule has 1 aromatic heterocycles. The monoisotopic (exact) mass is 913 g/mol. The van der Waals surface area contributed by atoms with Crippen molar-refractivity contribution in [3.63, 3.8) is 0 Å². The predicted octanol–water partition coefficient (Wildman–Crippen LogP) is 13.4. The molecule has 1 aliphatic rings. The van der Waals surface area contributed by atoms with Gasteiger partial charge in [0.2, 0.25) is 5.52 Å². The first-order valence-electron chi connectivity index (χ1n) is 25.3. The van der Waals surface area contributed by atoms with E-state index in [-0.39, 0.29) is 0 Å². The molecule has 0 spiro atoms. The Bertz CT molecular complexity index is 1600. The Morgan fingerprint density at radius 3 is 1.40 bits per heavy atom. The Morgan fingerprint density at radius 1 is 0.516 bits per heavy atom. The number of anilines is 1. The molecule has 0 bridgehead atoms. The molecule has 0 saturated heterocycles. The van der Waals surface area contributed by atoms with Gasteiger partial charge < -0.3 is 4.90 Å². The zero-order valence-corrected chi connectivity index (χ0v) is 41.5. The standard InChI is InChI=1S/C53H85N2S2.ClHO4/c1-3-5-7-9-11-13-15-17-19-21-23-25-27-29-31-37-46-54-48-40-33-35-42-50(48)56-52(54)44-39-45-53-55(49-41-34-36-43-51(49)57-53)47-38-32-30-28-26-24-22-20-18-16-14-12-10-8-6-4-2;2-1(3,4)5/h33-36,39-45H,3-32,37-38,46-47H2,1-2H3;(H,2,3,4,5)/q+1;/p-1. The van der Waals surface area contributed by atoms with Crippen LogP contribution in [0.3, 0.4) is 0 Å². The number of benzene rings is 2. The molecule has 0 saturated carbocycles. The van der Waals surface area contributed by atoms with Gasteiger partial charge in [0.1, 0.15) is 4.70 Å². The molecule has 4 rings (SSSR count). The van der Waals surface area contributed by atoms with Gasteiger partial charge in [-0.25, -0.2) is 18.6 Å². The highest BCUT2D eigenvalue weighted by Gasteiger charge is 2.24. The lowest BCUT2D eigenvalue weighted by Crippen LogP contribution is -2.68. The summed E-state index contributed by atoms with van der Waals surface area (Å²) >= 11 is 3.89. The van der Waals surface area contributed by atoms with Gasteiger partial charge in [-0.15, -0.1) is 10.2 Å². The van der Waals surface area contributed by atoms with Crippen molar-refractivity contribution in [2.75, 3.05) is 11.4 Å². The van der Waals surface area contributed by atoms with Crippen molar-refractivity contribution >= 4 is 45.1 Å². The molecule has 2 heterocycles. The second-order valence-electron chi connectivity index (χ2n) is 17.6. The molecule has 0 fully saturated rings. The number of hydrogen-bond acceptors (Lipinski definition) is 7. The summed E-state index contributed by atoms with van der Waals surface area (Å²) in [5.41, 5.74) is 2.78. The van der Waals surface area contributed by atoms with E-state index < -0.39 is 10.2 Å². The van der Waals surface area contributed by atoms with E-state index in [1.807, 2.05) is 23.1 Å². The first-order valence-corrected chi connectivity index (χ1v) is 28.1. The van der Waals surface area contributed by atoms with Gasteiger partial charge in [0.25, 0.3) is 5.01 Å². The van der Waals surface area contributed by atoms with Crippen molar-refractivity contribution in [3.8, 4) is 0 Å². The second-order valence-corrected chi connectivity index (χ2v) is 20.5. The van der Waals surface area contributed by atoms with Crippen molar-refractivity contribution in [2.45, 2.75) is 231 Å². The minimum absolute atomic E-state index is 1.12. The number of nitrogens with zero attached hydrogens (tertiary/aromatic N) is 2. The van der Waals surface area contributed by atoms with Gasteiger partial charge in [0.05, 0.1) is 10.7 Å². The highest BCUT2D eigenvalue weighted by molar-refractivity contribution is 8.03. The van der Waals surface area contributed by atoms with Crippen molar-refractivity contribution in [1.29, 1.82) is 0 Å². The number of thioether (sulfide) groups is 1. The molecule has 0 atom stereocenters. The lowest BCUT2D eigenvalue weighted by atomic mass is 10.0. The number of thiazole rings is 1. The molecular formula is C53H85ClN2O4S2. The molecular weight excluding hydrogens is 828 g/mol. The molecule has 2 aromatic carbocycles. The van der Waals surface area contributed by atoms with Crippen LogP contribution < -0.4 is 28.1 Å². The maximum absolute atomic E-state index is 8.49. The first kappa shape index (κ1) is 54.4. The summed E-state index contributed by atoms with van der Waals surface area (Å²) in [5.74, 6) is 0. The molecule has 3 aromatic rings. The van der Waals surface area contributed by atoms with Crippen molar-refractivity contribution < 1.29 is 33.4 Å². The SMILES string of the molecule is CCCCCCCCCCCCCCCCCCN1C(=CC=Cc2sc3ccccc3[n+]2CCCCCCCCCCCCCCCCCC)Sc2ccccc21.[O-][Cl+3]([O-])([O-])[O-]. The first-order chi connectivity index (χ1) is 30.3. The Labute approximate surface area is 389 Å². The van der Waals surface area contributed by atoms with E-state index >= 15 is 0 Å². The van der Waals surface area contributed by atoms with E-state index in [9.17, 15) is 0 Å². The molecule has 6 nitrogen and oxygen atoms in total. The Hall–Kier alpha value is -1.91. The summed E-state index contributed by atoms with van der Waals surface area (Å²) in [6.07, 6.45) is 52.4. The number of allylic oxidation sites excluding steroid dienone is 2. The van der Waals surface area contributed by atoms with Crippen LogP contribution in [0.1, 0.15) is 224 Å². The highest BCUT2D eigenvalue weighted by Crippen LogP contribution is 2.46. The minimum atomic E-state index is -4.94. The zero-order chi connectivity index (χ0) is 44.4. The maximum Gasteiger partial charge on any atom is 0.262 e.